The number of benzene rings is 5. The van der Waals surface area contributed by atoms with E-state index < -0.39 is 5.41 Å². The maximum atomic E-state index is 2.29. The molecule has 5 rings (SSSR count). The normalized spacial score (nSPS) is 11.3. The zero-order chi connectivity index (χ0) is 21.8. The minimum atomic E-state index is -0.393. The van der Waals surface area contributed by atoms with Crippen molar-refractivity contribution in [3.05, 3.63) is 167 Å². The van der Waals surface area contributed by atoms with E-state index in [0.29, 0.717) is 0 Å². The second-order valence-corrected chi connectivity index (χ2v) is 8.29. The molecule has 5 aromatic rings. The molecule has 0 N–H and O–H groups in total. The lowest BCUT2D eigenvalue weighted by atomic mass is 9.65. The van der Waals surface area contributed by atoms with Crippen molar-refractivity contribution in [3.8, 4) is 11.1 Å². The lowest BCUT2D eigenvalue weighted by Crippen LogP contribution is -2.30. The Morgan fingerprint density at radius 1 is 0.344 bits per heavy atom. The van der Waals surface area contributed by atoms with E-state index in [-0.39, 0.29) is 0 Å². The molecule has 0 radical (unpaired) electrons. The fraction of sp³-hybridized carbons (Fsp3) is 0.0625. The van der Waals surface area contributed by atoms with Gasteiger partial charge in [-0.3, -0.25) is 0 Å². The molecular formula is C32H26. The van der Waals surface area contributed by atoms with Crippen LogP contribution in [-0.2, 0) is 5.41 Å². The van der Waals surface area contributed by atoms with Crippen molar-refractivity contribution in [2.75, 3.05) is 0 Å². The SMILES string of the molecule is Cc1ccc(-c2ccc(C(c3ccccc3)(c3ccccc3)c3ccccc3)cc2)cc1. The van der Waals surface area contributed by atoms with E-state index in [9.17, 15) is 0 Å². The molecule has 154 valence electrons. The van der Waals surface area contributed by atoms with Gasteiger partial charge < -0.3 is 0 Å². The zero-order valence-corrected chi connectivity index (χ0v) is 18.3. The van der Waals surface area contributed by atoms with Crippen molar-refractivity contribution in [3.63, 3.8) is 0 Å². The Morgan fingerprint density at radius 2 is 0.656 bits per heavy atom. The van der Waals surface area contributed by atoms with E-state index in [2.05, 4.69) is 146 Å². The molecular weight excluding hydrogens is 384 g/mol. The minimum Gasteiger partial charge on any atom is -0.0622 e. The topological polar surface area (TPSA) is 0 Å². The lowest BCUT2D eigenvalue weighted by Gasteiger charge is -2.37. The predicted octanol–water partition coefficient (Wildman–Crippen LogP) is 8.04. The van der Waals surface area contributed by atoms with Gasteiger partial charge in [0.05, 0.1) is 5.41 Å². The van der Waals surface area contributed by atoms with Crippen LogP contribution >= 0.6 is 0 Å². The average Bonchev–Trinajstić information content (AvgIpc) is 2.88. The van der Waals surface area contributed by atoms with Crippen molar-refractivity contribution in [2.24, 2.45) is 0 Å². The molecule has 5 aromatic carbocycles. The molecule has 32 heavy (non-hydrogen) atoms. The highest BCUT2D eigenvalue weighted by atomic mass is 14.4. The van der Waals surface area contributed by atoms with Gasteiger partial charge in [-0.1, -0.05) is 145 Å². The van der Waals surface area contributed by atoms with Crippen LogP contribution in [0.2, 0.25) is 0 Å². The van der Waals surface area contributed by atoms with Crippen molar-refractivity contribution < 1.29 is 0 Å². The van der Waals surface area contributed by atoms with Crippen LogP contribution in [0.1, 0.15) is 27.8 Å². The molecule has 0 heterocycles. The predicted molar refractivity (Wildman–Crippen MR) is 135 cm³/mol. The molecule has 0 aliphatic rings. The van der Waals surface area contributed by atoms with E-state index in [1.165, 1.54) is 38.9 Å². The van der Waals surface area contributed by atoms with Gasteiger partial charge in [-0.25, -0.2) is 0 Å². The molecule has 0 nitrogen and oxygen atoms in total. The largest absolute Gasteiger partial charge is 0.0701 e. The molecule has 0 fully saturated rings. The van der Waals surface area contributed by atoms with Gasteiger partial charge in [0.25, 0.3) is 0 Å². The summed E-state index contributed by atoms with van der Waals surface area (Å²) in [5.41, 5.74) is 8.42. The quantitative estimate of drug-likeness (QED) is 0.257. The smallest absolute Gasteiger partial charge is 0.0622 e. The Kier molecular flexibility index (Phi) is 5.44. The summed E-state index contributed by atoms with van der Waals surface area (Å²) in [6.07, 6.45) is 0. The number of hydrogen-bond donors (Lipinski definition) is 0. The fourth-order valence-corrected chi connectivity index (χ4v) is 4.72. The summed E-state index contributed by atoms with van der Waals surface area (Å²) in [6, 6.07) is 50.4. The molecule has 0 bridgehead atoms. The summed E-state index contributed by atoms with van der Waals surface area (Å²) in [7, 11) is 0. The van der Waals surface area contributed by atoms with Crippen LogP contribution in [0.4, 0.5) is 0 Å². The number of rotatable bonds is 5. The summed E-state index contributed by atoms with van der Waals surface area (Å²) in [5, 5.41) is 0. The van der Waals surface area contributed by atoms with Crippen LogP contribution in [0.15, 0.2) is 140 Å². The van der Waals surface area contributed by atoms with Gasteiger partial charge in [-0.2, -0.15) is 0 Å². The first-order chi connectivity index (χ1) is 15.8. The molecule has 0 amide bonds. The third kappa shape index (κ3) is 3.55. The lowest BCUT2D eigenvalue weighted by molar-refractivity contribution is 0.745. The first-order valence-corrected chi connectivity index (χ1v) is 11.1. The van der Waals surface area contributed by atoms with Gasteiger partial charge in [0.15, 0.2) is 0 Å². The van der Waals surface area contributed by atoms with Gasteiger partial charge in [-0.15, -0.1) is 0 Å². The van der Waals surface area contributed by atoms with Gasteiger partial charge in [0.2, 0.25) is 0 Å². The molecule has 0 saturated heterocycles. The first kappa shape index (κ1) is 20.0. The van der Waals surface area contributed by atoms with Crippen LogP contribution in [0.3, 0.4) is 0 Å². The molecule has 0 saturated carbocycles. The molecule has 0 spiro atoms. The van der Waals surface area contributed by atoms with Crippen LogP contribution in [-0.4, -0.2) is 0 Å². The van der Waals surface area contributed by atoms with E-state index in [1.54, 1.807) is 0 Å². The molecule has 0 aromatic heterocycles. The standard InChI is InChI=1S/C32H26/c1-25-17-19-26(20-18-25)27-21-23-31(24-22-27)32(28-11-5-2-6-12-28,29-13-7-3-8-14-29)30-15-9-4-10-16-30/h2-24H,1H3. The third-order valence-corrected chi connectivity index (χ3v) is 6.32. The van der Waals surface area contributed by atoms with Crippen LogP contribution < -0.4 is 0 Å². The van der Waals surface area contributed by atoms with Crippen LogP contribution in [0.25, 0.3) is 11.1 Å². The Balaban J connectivity index is 1.76. The molecule has 0 aliphatic carbocycles. The van der Waals surface area contributed by atoms with Crippen molar-refractivity contribution in [1.29, 1.82) is 0 Å². The van der Waals surface area contributed by atoms with E-state index in [4.69, 9.17) is 0 Å². The Morgan fingerprint density at radius 3 is 1.03 bits per heavy atom. The Bertz CT molecular complexity index is 1170. The van der Waals surface area contributed by atoms with Crippen molar-refractivity contribution in [2.45, 2.75) is 12.3 Å². The fourth-order valence-electron chi connectivity index (χ4n) is 4.72. The molecule has 0 aliphatic heterocycles. The Labute approximate surface area is 190 Å². The van der Waals surface area contributed by atoms with Gasteiger partial charge in [-0.05, 0) is 40.3 Å². The van der Waals surface area contributed by atoms with E-state index in [0.717, 1.165) is 0 Å². The molecule has 0 atom stereocenters. The second kappa shape index (κ2) is 8.69. The summed E-state index contributed by atoms with van der Waals surface area (Å²) < 4.78 is 0. The van der Waals surface area contributed by atoms with Crippen molar-refractivity contribution in [1.82, 2.24) is 0 Å². The zero-order valence-electron chi connectivity index (χ0n) is 18.3. The Hall–Kier alpha value is -3.90. The highest BCUT2D eigenvalue weighted by Gasteiger charge is 2.38. The number of aryl methyl sites for hydroxylation is 1. The molecule has 0 unspecified atom stereocenters. The summed E-state index contributed by atoms with van der Waals surface area (Å²) >= 11 is 0. The van der Waals surface area contributed by atoms with Gasteiger partial charge >= 0.3 is 0 Å². The maximum Gasteiger partial charge on any atom is 0.0701 e. The van der Waals surface area contributed by atoms with E-state index >= 15 is 0 Å². The molecule has 0 heteroatoms. The van der Waals surface area contributed by atoms with Gasteiger partial charge in [0, 0.05) is 0 Å². The van der Waals surface area contributed by atoms with E-state index in [1.807, 2.05) is 0 Å². The highest BCUT2D eigenvalue weighted by Crippen LogP contribution is 2.45. The van der Waals surface area contributed by atoms with Crippen LogP contribution in [0, 0.1) is 6.92 Å². The second-order valence-electron chi connectivity index (χ2n) is 8.29. The number of hydrogen-bond acceptors (Lipinski definition) is 0. The average molecular weight is 411 g/mol. The summed E-state index contributed by atoms with van der Waals surface area (Å²) in [5.74, 6) is 0. The third-order valence-electron chi connectivity index (χ3n) is 6.32. The van der Waals surface area contributed by atoms with Crippen molar-refractivity contribution >= 4 is 0 Å². The summed E-state index contributed by atoms with van der Waals surface area (Å²) in [4.78, 5) is 0. The van der Waals surface area contributed by atoms with Crippen LogP contribution in [0.5, 0.6) is 0 Å². The summed E-state index contributed by atoms with van der Waals surface area (Å²) in [6.45, 7) is 2.13. The van der Waals surface area contributed by atoms with Gasteiger partial charge in [0.1, 0.15) is 0 Å². The first-order valence-electron chi connectivity index (χ1n) is 11.1. The maximum absolute atomic E-state index is 2.29. The highest BCUT2D eigenvalue weighted by molar-refractivity contribution is 5.67. The monoisotopic (exact) mass is 410 g/mol. The minimum absolute atomic E-state index is 0.393.